The Morgan fingerprint density at radius 3 is 2.75 bits per heavy atom. The molecule has 0 atom stereocenters. The van der Waals surface area contributed by atoms with Gasteiger partial charge in [-0.05, 0) is 50.0 Å². The molecule has 3 N–H and O–H groups in total. The number of amides is 1. The van der Waals surface area contributed by atoms with Crippen molar-refractivity contribution in [2.75, 3.05) is 31.1 Å². The van der Waals surface area contributed by atoms with E-state index in [1.807, 2.05) is 18.2 Å². The van der Waals surface area contributed by atoms with Crippen molar-refractivity contribution in [3.05, 3.63) is 28.2 Å². The zero-order chi connectivity index (χ0) is 14.5. The maximum atomic E-state index is 11.6. The molecule has 4 nitrogen and oxygen atoms in total. The average Bonchev–Trinajstić information content (AvgIpc) is 2.45. The SMILES string of the molecule is CCNCC1CCN(c2ccc(Br)cc2C(N)=O)CC1. The summed E-state index contributed by atoms with van der Waals surface area (Å²) in [7, 11) is 0. The van der Waals surface area contributed by atoms with Crippen LogP contribution in [0.1, 0.15) is 30.1 Å². The molecule has 1 aliphatic heterocycles. The first-order chi connectivity index (χ1) is 9.61. The van der Waals surface area contributed by atoms with E-state index >= 15 is 0 Å². The van der Waals surface area contributed by atoms with Gasteiger partial charge in [0.1, 0.15) is 0 Å². The third kappa shape index (κ3) is 3.73. The lowest BCUT2D eigenvalue weighted by Gasteiger charge is -2.34. The van der Waals surface area contributed by atoms with Crippen molar-refractivity contribution < 1.29 is 4.79 Å². The molecule has 0 saturated carbocycles. The van der Waals surface area contributed by atoms with E-state index in [1.54, 1.807) is 0 Å². The van der Waals surface area contributed by atoms with Crippen LogP contribution in [0.5, 0.6) is 0 Å². The molecule has 5 heteroatoms. The predicted octanol–water partition coefficient (Wildman–Crippen LogP) is 2.37. The summed E-state index contributed by atoms with van der Waals surface area (Å²) < 4.78 is 0.886. The number of halogens is 1. The number of benzene rings is 1. The van der Waals surface area contributed by atoms with Crippen LogP contribution in [-0.4, -0.2) is 32.1 Å². The number of rotatable bonds is 5. The van der Waals surface area contributed by atoms with Crippen molar-refractivity contribution in [1.29, 1.82) is 0 Å². The van der Waals surface area contributed by atoms with E-state index in [2.05, 4.69) is 33.1 Å². The maximum Gasteiger partial charge on any atom is 0.250 e. The molecule has 0 spiro atoms. The lowest BCUT2D eigenvalue weighted by atomic mass is 9.95. The van der Waals surface area contributed by atoms with Crippen LogP contribution < -0.4 is 16.0 Å². The molecule has 1 aromatic carbocycles. The summed E-state index contributed by atoms with van der Waals surface area (Å²) >= 11 is 3.39. The summed E-state index contributed by atoms with van der Waals surface area (Å²) in [6.45, 7) is 6.22. The standard InChI is InChI=1S/C15H22BrN3O/c1-2-18-10-11-5-7-19(8-6-11)14-4-3-12(16)9-13(14)15(17)20/h3-4,9,11,18H,2,5-8,10H2,1H3,(H2,17,20). The van der Waals surface area contributed by atoms with E-state index in [0.29, 0.717) is 5.56 Å². The van der Waals surface area contributed by atoms with Gasteiger partial charge in [-0.3, -0.25) is 4.79 Å². The van der Waals surface area contributed by atoms with Crippen molar-refractivity contribution in [2.24, 2.45) is 11.7 Å². The fourth-order valence-electron chi connectivity index (χ4n) is 2.71. The van der Waals surface area contributed by atoms with E-state index in [9.17, 15) is 4.79 Å². The normalized spacial score (nSPS) is 16.4. The minimum Gasteiger partial charge on any atom is -0.371 e. The number of nitrogens with one attached hydrogen (secondary N) is 1. The number of hydrogen-bond acceptors (Lipinski definition) is 3. The predicted molar refractivity (Wildman–Crippen MR) is 86.1 cm³/mol. The second-order valence-electron chi connectivity index (χ2n) is 5.26. The number of primary amides is 1. The third-order valence-corrected chi connectivity index (χ3v) is 4.36. The van der Waals surface area contributed by atoms with Crippen LogP contribution in [0.3, 0.4) is 0 Å². The molecule has 0 radical (unpaired) electrons. The van der Waals surface area contributed by atoms with Crippen LogP contribution in [0.15, 0.2) is 22.7 Å². The zero-order valence-electron chi connectivity index (χ0n) is 11.9. The van der Waals surface area contributed by atoms with Crippen molar-refractivity contribution in [2.45, 2.75) is 19.8 Å². The molecule has 0 unspecified atom stereocenters. The van der Waals surface area contributed by atoms with E-state index in [-0.39, 0.29) is 5.91 Å². The molecular weight excluding hydrogens is 318 g/mol. The van der Waals surface area contributed by atoms with Crippen LogP contribution in [0, 0.1) is 5.92 Å². The minimum atomic E-state index is -0.365. The van der Waals surface area contributed by atoms with E-state index < -0.39 is 0 Å². The summed E-state index contributed by atoms with van der Waals surface area (Å²) in [5.74, 6) is 0.370. The molecule has 0 bridgehead atoms. The molecule has 2 rings (SSSR count). The Hall–Kier alpha value is -1.07. The molecule has 1 saturated heterocycles. The third-order valence-electron chi connectivity index (χ3n) is 3.86. The Kier molecular flexibility index (Phi) is 5.43. The molecule has 1 heterocycles. The van der Waals surface area contributed by atoms with Gasteiger partial charge in [0, 0.05) is 23.2 Å². The van der Waals surface area contributed by atoms with E-state index in [4.69, 9.17) is 5.73 Å². The number of carbonyl (C=O) groups is 1. The molecule has 1 fully saturated rings. The van der Waals surface area contributed by atoms with Crippen LogP contribution in [-0.2, 0) is 0 Å². The second-order valence-corrected chi connectivity index (χ2v) is 6.18. The van der Waals surface area contributed by atoms with Gasteiger partial charge in [0.15, 0.2) is 0 Å². The minimum absolute atomic E-state index is 0.365. The van der Waals surface area contributed by atoms with Gasteiger partial charge in [-0.25, -0.2) is 0 Å². The number of hydrogen-bond donors (Lipinski definition) is 2. The molecule has 20 heavy (non-hydrogen) atoms. The summed E-state index contributed by atoms with van der Waals surface area (Å²) in [5.41, 5.74) is 7.05. The molecule has 110 valence electrons. The van der Waals surface area contributed by atoms with Gasteiger partial charge < -0.3 is 16.0 Å². The number of carbonyl (C=O) groups excluding carboxylic acids is 1. The molecule has 0 aromatic heterocycles. The first-order valence-electron chi connectivity index (χ1n) is 7.16. The number of nitrogens with two attached hydrogens (primary N) is 1. The van der Waals surface area contributed by atoms with Crippen molar-refractivity contribution >= 4 is 27.5 Å². The van der Waals surface area contributed by atoms with Crippen molar-refractivity contribution in [3.8, 4) is 0 Å². The van der Waals surface area contributed by atoms with Crippen LogP contribution in [0.4, 0.5) is 5.69 Å². The quantitative estimate of drug-likeness (QED) is 0.865. The van der Waals surface area contributed by atoms with E-state index in [1.165, 1.54) is 0 Å². The van der Waals surface area contributed by atoms with Crippen molar-refractivity contribution in [3.63, 3.8) is 0 Å². The van der Waals surface area contributed by atoms with Crippen LogP contribution >= 0.6 is 15.9 Å². The largest absolute Gasteiger partial charge is 0.371 e. The van der Waals surface area contributed by atoms with Gasteiger partial charge in [-0.15, -0.1) is 0 Å². The summed E-state index contributed by atoms with van der Waals surface area (Å²) in [4.78, 5) is 13.9. The topological polar surface area (TPSA) is 58.4 Å². The van der Waals surface area contributed by atoms with Crippen molar-refractivity contribution in [1.82, 2.24) is 5.32 Å². The Morgan fingerprint density at radius 1 is 1.45 bits per heavy atom. The highest BCUT2D eigenvalue weighted by Gasteiger charge is 2.22. The van der Waals surface area contributed by atoms with Gasteiger partial charge >= 0.3 is 0 Å². The first kappa shape index (κ1) is 15.3. The van der Waals surface area contributed by atoms with Gasteiger partial charge in [-0.2, -0.15) is 0 Å². The number of piperidine rings is 1. The number of anilines is 1. The van der Waals surface area contributed by atoms with E-state index in [0.717, 1.165) is 55.1 Å². The Morgan fingerprint density at radius 2 is 2.15 bits per heavy atom. The summed E-state index contributed by atoms with van der Waals surface area (Å²) in [5, 5.41) is 3.41. The molecule has 1 amide bonds. The maximum absolute atomic E-state index is 11.6. The van der Waals surface area contributed by atoms with Gasteiger partial charge in [0.2, 0.25) is 0 Å². The van der Waals surface area contributed by atoms with Gasteiger partial charge in [0.05, 0.1) is 5.56 Å². The van der Waals surface area contributed by atoms with Crippen LogP contribution in [0.2, 0.25) is 0 Å². The summed E-state index contributed by atoms with van der Waals surface area (Å²) in [6, 6.07) is 5.75. The highest BCUT2D eigenvalue weighted by molar-refractivity contribution is 9.10. The molecule has 1 aromatic rings. The molecule has 0 aliphatic carbocycles. The van der Waals surface area contributed by atoms with Crippen LogP contribution in [0.25, 0.3) is 0 Å². The van der Waals surface area contributed by atoms with Gasteiger partial charge in [-0.1, -0.05) is 22.9 Å². The monoisotopic (exact) mass is 339 g/mol. The summed E-state index contributed by atoms with van der Waals surface area (Å²) in [6.07, 6.45) is 2.31. The lowest BCUT2D eigenvalue weighted by Crippen LogP contribution is -2.38. The zero-order valence-corrected chi connectivity index (χ0v) is 13.4. The Bertz CT molecular complexity index is 470. The highest BCUT2D eigenvalue weighted by atomic mass is 79.9. The lowest BCUT2D eigenvalue weighted by molar-refractivity contribution is 0.100. The second kappa shape index (κ2) is 7.09. The fourth-order valence-corrected chi connectivity index (χ4v) is 3.07. The molecule has 1 aliphatic rings. The highest BCUT2D eigenvalue weighted by Crippen LogP contribution is 2.28. The average molecular weight is 340 g/mol. The Balaban J connectivity index is 2.05. The fraction of sp³-hybridized carbons (Fsp3) is 0.533. The molecular formula is C15H22BrN3O. The number of nitrogens with zero attached hydrogens (tertiary/aromatic N) is 1. The smallest absolute Gasteiger partial charge is 0.250 e. The van der Waals surface area contributed by atoms with Gasteiger partial charge in [0.25, 0.3) is 5.91 Å². The Labute approximate surface area is 128 Å². The first-order valence-corrected chi connectivity index (χ1v) is 7.96.